The predicted molar refractivity (Wildman–Crippen MR) is 104 cm³/mol. The molecule has 0 radical (unpaired) electrons. The number of carbonyl (C=O) groups is 1. The van der Waals surface area contributed by atoms with Crippen molar-refractivity contribution in [3.05, 3.63) is 61.9 Å². The molecule has 3 rings (SSSR count). The summed E-state index contributed by atoms with van der Waals surface area (Å²) in [5.41, 5.74) is 3.62. The highest BCUT2D eigenvalue weighted by Gasteiger charge is 2.12. The number of benzene rings is 2. The van der Waals surface area contributed by atoms with Gasteiger partial charge in [0.25, 0.3) is 5.91 Å². The number of aromatic nitrogens is 1. The molecule has 1 aromatic heterocycles. The molecule has 126 valence electrons. The van der Waals surface area contributed by atoms with E-state index in [1.807, 2.05) is 11.5 Å². The van der Waals surface area contributed by atoms with Gasteiger partial charge in [-0.15, -0.1) is 6.42 Å². The van der Waals surface area contributed by atoms with Crippen molar-refractivity contribution in [2.75, 3.05) is 0 Å². The number of hydrogen-bond donors (Lipinski definition) is 0. The van der Waals surface area contributed by atoms with Crippen LogP contribution in [0.4, 0.5) is 0 Å². The van der Waals surface area contributed by atoms with Crippen molar-refractivity contribution < 1.29 is 4.79 Å². The molecule has 1 amide bonds. The van der Waals surface area contributed by atoms with Crippen molar-refractivity contribution >= 4 is 50.7 Å². The molecule has 2 aromatic carbocycles. The minimum absolute atomic E-state index is 0.276. The molecule has 0 saturated heterocycles. The third kappa shape index (κ3) is 3.50. The van der Waals surface area contributed by atoms with Gasteiger partial charge < -0.3 is 4.57 Å². The Bertz CT molecular complexity index is 1100. The molecule has 0 aliphatic carbocycles. The third-order valence-corrected chi connectivity index (χ3v) is 5.50. The molecule has 0 bridgehead atoms. The normalized spacial score (nSPS) is 11.7. The van der Waals surface area contributed by atoms with E-state index in [2.05, 4.69) is 30.0 Å². The maximum absolute atomic E-state index is 12.6. The van der Waals surface area contributed by atoms with Gasteiger partial charge in [0.15, 0.2) is 4.80 Å². The van der Waals surface area contributed by atoms with Crippen molar-refractivity contribution in [3.63, 3.8) is 0 Å². The molecule has 0 aliphatic rings. The summed E-state index contributed by atoms with van der Waals surface area (Å²) in [5, 5.41) is 0.745. The van der Waals surface area contributed by atoms with E-state index in [0.717, 1.165) is 15.8 Å². The van der Waals surface area contributed by atoms with Crippen LogP contribution in [0.1, 0.15) is 21.5 Å². The topological polar surface area (TPSA) is 34.4 Å². The summed E-state index contributed by atoms with van der Waals surface area (Å²) >= 11 is 13.4. The number of halogens is 2. The van der Waals surface area contributed by atoms with E-state index < -0.39 is 5.91 Å². The summed E-state index contributed by atoms with van der Waals surface area (Å²) in [6, 6.07) is 8.87. The number of fused-ring (bicyclic) bond motifs is 1. The maximum Gasteiger partial charge on any atom is 0.281 e. The summed E-state index contributed by atoms with van der Waals surface area (Å²) in [5.74, 6) is 2.20. The highest BCUT2D eigenvalue weighted by atomic mass is 35.5. The lowest BCUT2D eigenvalue weighted by Crippen LogP contribution is -2.16. The fourth-order valence-electron chi connectivity index (χ4n) is 2.46. The highest BCUT2D eigenvalue weighted by molar-refractivity contribution is 7.16. The van der Waals surface area contributed by atoms with Gasteiger partial charge in [-0.2, -0.15) is 4.99 Å². The first-order valence-corrected chi connectivity index (χ1v) is 9.06. The second kappa shape index (κ2) is 7.05. The number of aryl methyl sites for hydroxylation is 2. The zero-order valence-corrected chi connectivity index (χ0v) is 16.0. The fourth-order valence-corrected chi connectivity index (χ4v) is 4.06. The van der Waals surface area contributed by atoms with E-state index in [1.165, 1.54) is 23.0 Å². The van der Waals surface area contributed by atoms with Gasteiger partial charge in [0.1, 0.15) is 0 Å². The van der Waals surface area contributed by atoms with Crippen LogP contribution in [0.5, 0.6) is 0 Å². The molecule has 0 atom stereocenters. The van der Waals surface area contributed by atoms with E-state index in [9.17, 15) is 4.79 Å². The van der Waals surface area contributed by atoms with Gasteiger partial charge >= 0.3 is 0 Å². The van der Waals surface area contributed by atoms with Crippen LogP contribution < -0.4 is 4.80 Å². The Morgan fingerprint density at radius 2 is 1.96 bits per heavy atom. The Morgan fingerprint density at radius 1 is 1.24 bits per heavy atom. The summed E-state index contributed by atoms with van der Waals surface area (Å²) in [6.45, 7) is 4.43. The second-order valence-electron chi connectivity index (χ2n) is 5.62. The lowest BCUT2D eigenvalue weighted by Gasteiger charge is -2.03. The van der Waals surface area contributed by atoms with Crippen LogP contribution in [0.25, 0.3) is 10.2 Å². The van der Waals surface area contributed by atoms with Gasteiger partial charge in [0, 0.05) is 5.02 Å². The zero-order valence-electron chi connectivity index (χ0n) is 13.6. The fraction of sp³-hybridized carbons (Fsp3) is 0.158. The number of thiazole rings is 1. The molecular weight excluding hydrogens is 375 g/mol. The van der Waals surface area contributed by atoms with Gasteiger partial charge in [-0.25, -0.2) is 0 Å². The van der Waals surface area contributed by atoms with Crippen LogP contribution in [-0.4, -0.2) is 10.5 Å². The number of carbonyl (C=O) groups excluding carboxylic acids is 1. The Morgan fingerprint density at radius 3 is 2.64 bits per heavy atom. The number of rotatable bonds is 2. The predicted octanol–water partition coefficient (Wildman–Crippen LogP) is 5.00. The van der Waals surface area contributed by atoms with Gasteiger partial charge in [-0.05, 0) is 55.3 Å². The van der Waals surface area contributed by atoms with Crippen molar-refractivity contribution in [1.29, 1.82) is 0 Å². The first kappa shape index (κ1) is 17.8. The average Bonchev–Trinajstić information content (AvgIpc) is 2.85. The summed E-state index contributed by atoms with van der Waals surface area (Å²) in [7, 11) is 0. The van der Waals surface area contributed by atoms with Gasteiger partial charge in [-0.3, -0.25) is 4.79 Å². The van der Waals surface area contributed by atoms with Crippen LogP contribution in [0, 0.1) is 26.2 Å². The molecule has 3 nitrogen and oxygen atoms in total. The van der Waals surface area contributed by atoms with E-state index >= 15 is 0 Å². The SMILES string of the molecule is C#CCn1c(=NC(=O)c2ccc(Cl)cc2Cl)sc2cc(C)c(C)cc21. The molecule has 0 spiro atoms. The Hall–Kier alpha value is -2.06. The average molecular weight is 389 g/mol. The zero-order chi connectivity index (χ0) is 18.1. The first-order valence-electron chi connectivity index (χ1n) is 7.49. The smallest absolute Gasteiger partial charge is 0.281 e. The Kier molecular flexibility index (Phi) is 5.01. The summed E-state index contributed by atoms with van der Waals surface area (Å²) < 4.78 is 2.90. The monoisotopic (exact) mass is 388 g/mol. The molecule has 1 heterocycles. The highest BCUT2D eigenvalue weighted by Crippen LogP contribution is 2.23. The molecule has 0 saturated carbocycles. The van der Waals surface area contributed by atoms with Crippen LogP contribution in [-0.2, 0) is 6.54 Å². The van der Waals surface area contributed by atoms with E-state index in [1.54, 1.807) is 12.1 Å². The quantitative estimate of drug-likeness (QED) is 0.568. The van der Waals surface area contributed by atoms with E-state index in [4.69, 9.17) is 29.6 Å². The lowest BCUT2D eigenvalue weighted by molar-refractivity contribution is 0.0998. The van der Waals surface area contributed by atoms with E-state index in [-0.39, 0.29) is 5.02 Å². The molecular formula is C19H14Cl2N2OS. The first-order chi connectivity index (χ1) is 11.9. The van der Waals surface area contributed by atoms with Gasteiger partial charge in [-0.1, -0.05) is 40.5 Å². The molecule has 3 aromatic rings. The van der Waals surface area contributed by atoms with E-state index in [0.29, 0.717) is 21.9 Å². The summed E-state index contributed by atoms with van der Waals surface area (Å²) in [6.07, 6.45) is 5.50. The molecule has 0 aliphatic heterocycles. The van der Waals surface area contributed by atoms with Crippen molar-refractivity contribution in [3.8, 4) is 12.3 Å². The third-order valence-electron chi connectivity index (χ3n) is 3.91. The lowest BCUT2D eigenvalue weighted by atomic mass is 10.1. The molecule has 0 N–H and O–H groups in total. The molecule has 0 unspecified atom stereocenters. The van der Waals surface area contributed by atoms with Crippen LogP contribution in [0.3, 0.4) is 0 Å². The number of amides is 1. The van der Waals surface area contributed by atoms with Gasteiger partial charge in [0.2, 0.25) is 0 Å². The van der Waals surface area contributed by atoms with Gasteiger partial charge in [0.05, 0.1) is 27.3 Å². The number of terminal acetylenes is 1. The molecule has 6 heteroatoms. The van der Waals surface area contributed by atoms with Crippen molar-refractivity contribution in [2.24, 2.45) is 4.99 Å². The second-order valence-corrected chi connectivity index (χ2v) is 7.47. The standard InChI is InChI=1S/C19H14Cl2N2OS/c1-4-7-23-16-8-11(2)12(3)9-17(16)25-19(23)22-18(24)14-6-5-13(20)10-15(14)21/h1,5-6,8-10H,7H2,2-3H3. The largest absolute Gasteiger partial charge is 0.305 e. The van der Waals surface area contributed by atoms with Crippen LogP contribution in [0.2, 0.25) is 10.0 Å². The van der Waals surface area contributed by atoms with Crippen LogP contribution >= 0.6 is 34.5 Å². The van der Waals surface area contributed by atoms with Crippen molar-refractivity contribution in [2.45, 2.75) is 20.4 Å². The Balaban J connectivity index is 2.20. The molecule has 25 heavy (non-hydrogen) atoms. The van der Waals surface area contributed by atoms with Crippen molar-refractivity contribution in [1.82, 2.24) is 4.57 Å². The maximum atomic E-state index is 12.6. The van der Waals surface area contributed by atoms with Crippen LogP contribution in [0.15, 0.2) is 35.3 Å². The number of nitrogens with zero attached hydrogens (tertiary/aromatic N) is 2. The number of hydrogen-bond acceptors (Lipinski definition) is 2. The minimum atomic E-state index is -0.424. The molecule has 0 fully saturated rings. The minimum Gasteiger partial charge on any atom is -0.305 e. The summed E-state index contributed by atoms with van der Waals surface area (Å²) in [4.78, 5) is 17.4. The Labute approximate surface area is 159 Å².